The Bertz CT molecular complexity index is 754. The first kappa shape index (κ1) is 21.9. The van der Waals surface area contributed by atoms with Crippen LogP contribution in [0.25, 0.3) is 0 Å². The molecule has 1 heterocycles. The van der Waals surface area contributed by atoms with Gasteiger partial charge >= 0.3 is 0 Å². The lowest BCUT2D eigenvalue weighted by atomic mass is 9.96. The van der Waals surface area contributed by atoms with Crippen molar-refractivity contribution in [2.75, 3.05) is 0 Å². The van der Waals surface area contributed by atoms with Crippen LogP contribution in [0, 0.1) is 6.92 Å². The summed E-state index contributed by atoms with van der Waals surface area (Å²) < 4.78 is 1.99. The maximum atomic E-state index is 6.26. The average Bonchev–Trinajstić information content (AvgIpc) is 2.98. The van der Waals surface area contributed by atoms with E-state index in [0.29, 0.717) is 19.1 Å². The zero-order valence-electron chi connectivity index (χ0n) is 15.9. The van der Waals surface area contributed by atoms with Gasteiger partial charge in [0.15, 0.2) is 11.8 Å². The van der Waals surface area contributed by atoms with Gasteiger partial charge in [0.05, 0.1) is 13.1 Å². The highest BCUT2D eigenvalue weighted by Crippen LogP contribution is 2.18. The number of nitrogens with one attached hydrogen (secondary N) is 2. The van der Waals surface area contributed by atoms with Crippen molar-refractivity contribution in [3.8, 4) is 0 Å². The van der Waals surface area contributed by atoms with Crippen molar-refractivity contribution >= 4 is 41.5 Å². The SMILES string of the molecule is Cc1nnc(CNC(=NCc2ccccc2Cl)NC2CCCCC2)n1C.I. The van der Waals surface area contributed by atoms with Gasteiger partial charge in [-0.1, -0.05) is 49.1 Å². The van der Waals surface area contributed by atoms with Gasteiger partial charge in [0.25, 0.3) is 0 Å². The third-order valence-electron chi connectivity index (χ3n) is 4.91. The van der Waals surface area contributed by atoms with Crippen LogP contribution < -0.4 is 10.6 Å². The first-order chi connectivity index (χ1) is 12.6. The number of hydrogen-bond donors (Lipinski definition) is 2. The second-order valence-electron chi connectivity index (χ2n) is 6.81. The second-order valence-corrected chi connectivity index (χ2v) is 7.22. The van der Waals surface area contributed by atoms with Gasteiger partial charge in [-0.3, -0.25) is 0 Å². The van der Waals surface area contributed by atoms with E-state index in [9.17, 15) is 0 Å². The van der Waals surface area contributed by atoms with E-state index in [0.717, 1.165) is 28.2 Å². The zero-order valence-corrected chi connectivity index (χ0v) is 19.0. The quantitative estimate of drug-likeness (QED) is 0.369. The van der Waals surface area contributed by atoms with Gasteiger partial charge in [0, 0.05) is 18.1 Å². The van der Waals surface area contributed by atoms with Crippen molar-refractivity contribution in [3.63, 3.8) is 0 Å². The molecule has 0 atom stereocenters. The number of rotatable bonds is 5. The minimum atomic E-state index is 0. The Kier molecular flexibility index (Phi) is 8.82. The number of aliphatic imine (C=N–C) groups is 1. The van der Waals surface area contributed by atoms with Gasteiger partial charge in [-0.25, -0.2) is 4.99 Å². The van der Waals surface area contributed by atoms with E-state index in [1.54, 1.807) is 0 Å². The molecule has 1 aliphatic carbocycles. The molecule has 1 saturated carbocycles. The topological polar surface area (TPSA) is 67.1 Å². The predicted octanol–water partition coefficient (Wildman–Crippen LogP) is 3.96. The minimum Gasteiger partial charge on any atom is -0.354 e. The standard InChI is InChI=1S/C19H27ClN6.HI/c1-14-24-25-18(26(14)2)13-22-19(23-16-9-4-3-5-10-16)21-12-15-8-6-7-11-17(15)20;/h6-8,11,16H,3-5,9-10,12-13H2,1-2H3,(H2,21,22,23);1H. The summed E-state index contributed by atoms with van der Waals surface area (Å²) in [6.45, 7) is 3.07. The Balaban J connectivity index is 0.00000261. The Labute approximate surface area is 183 Å². The van der Waals surface area contributed by atoms with Gasteiger partial charge < -0.3 is 15.2 Å². The molecule has 2 aromatic rings. The molecule has 0 aliphatic heterocycles. The van der Waals surface area contributed by atoms with E-state index >= 15 is 0 Å². The number of nitrogens with zero attached hydrogens (tertiary/aromatic N) is 4. The lowest BCUT2D eigenvalue weighted by molar-refractivity contribution is 0.409. The molecular formula is C19H28ClIN6. The first-order valence-corrected chi connectivity index (χ1v) is 9.64. The number of hydrogen-bond acceptors (Lipinski definition) is 3. The number of guanidine groups is 1. The summed E-state index contributed by atoms with van der Waals surface area (Å²) in [7, 11) is 1.97. The summed E-state index contributed by atoms with van der Waals surface area (Å²) in [6, 6.07) is 8.31. The van der Waals surface area contributed by atoms with Crippen LogP contribution in [0.2, 0.25) is 5.02 Å². The second kappa shape index (κ2) is 10.8. The molecule has 0 unspecified atom stereocenters. The molecule has 0 bridgehead atoms. The van der Waals surface area contributed by atoms with Crippen molar-refractivity contribution in [1.29, 1.82) is 0 Å². The van der Waals surface area contributed by atoms with E-state index in [1.807, 2.05) is 42.8 Å². The molecule has 1 aromatic carbocycles. The molecule has 6 nitrogen and oxygen atoms in total. The zero-order chi connectivity index (χ0) is 18.4. The van der Waals surface area contributed by atoms with Gasteiger partial charge in [-0.05, 0) is 31.4 Å². The molecule has 8 heteroatoms. The Morgan fingerprint density at radius 3 is 2.63 bits per heavy atom. The summed E-state index contributed by atoms with van der Waals surface area (Å²) in [5.41, 5.74) is 1.02. The van der Waals surface area contributed by atoms with Crippen LogP contribution in [0.1, 0.15) is 49.3 Å². The van der Waals surface area contributed by atoms with Crippen LogP contribution in [0.3, 0.4) is 0 Å². The molecule has 0 spiro atoms. The first-order valence-electron chi connectivity index (χ1n) is 9.26. The van der Waals surface area contributed by atoms with Crippen molar-refractivity contribution in [3.05, 3.63) is 46.5 Å². The fourth-order valence-electron chi connectivity index (χ4n) is 3.15. The molecule has 0 amide bonds. The fraction of sp³-hybridized carbons (Fsp3) is 0.526. The smallest absolute Gasteiger partial charge is 0.192 e. The largest absolute Gasteiger partial charge is 0.354 e. The monoisotopic (exact) mass is 502 g/mol. The van der Waals surface area contributed by atoms with Crippen LogP contribution >= 0.6 is 35.6 Å². The number of halogens is 2. The maximum Gasteiger partial charge on any atom is 0.192 e. The molecule has 27 heavy (non-hydrogen) atoms. The Morgan fingerprint density at radius 2 is 1.96 bits per heavy atom. The van der Waals surface area contributed by atoms with E-state index in [-0.39, 0.29) is 24.0 Å². The van der Waals surface area contributed by atoms with Crippen LogP contribution in [-0.4, -0.2) is 26.8 Å². The summed E-state index contributed by atoms with van der Waals surface area (Å²) in [5.74, 6) is 2.59. The molecule has 1 aliphatic rings. The van der Waals surface area contributed by atoms with Gasteiger partial charge in [0.2, 0.25) is 0 Å². The molecule has 148 valence electrons. The third kappa shape index (κ3) is 6.34. The normalized spacial score (nSPS) is 15.3. The van der Waals surface area contributed by atoms with Crippen molar-refractivity contribution in [1.82, 2.24) is 25.4 Å². The molecule has 1 fully saturated rings. The van der Waals surface area contributed by atoms with E-state index < -0.39 is 0 Å². The predicted molar refractivity (Wildman–Crippen MR) is 121 cm³/mol. The fourth-order valence-corrected chi connectivity index (χ4v) is 3.35. The highest BCUT2D eigenvalue weighted by molar-refractivity contribution is 14.0. The number of aromatic nitrogens is 3. The average molecular weight is 503 g/mol. The molecule has 0 radical (unpaired) electrons. The van der Waals surface area contributed by atoms with Gasteiger partial charge in [-0.15, -0.1) is 34.2 Å². The highest BCUT2D eigenvalue weighted by atomic mass is 127. The van der Waals surface area contributed by atoms with Crippen molar-refractivity contribution in [2.24, 2.45) is 12.0 Å². The molecule has 0 saturated heterocycles. The number of benzene rings is 1. The summed E-state index contributed by atoms with van der Waals surface area (Å²) in [4.78, 5) is 4.75. The van der Waals surface area contributed by atoms with Crippen molar-refractivity contribution in [2.45, 2.75) is 58.2 Å². The third-order valence-corrected chi connectivity index (χ3v) is 5.28. The maximum absolute atomic E-state index is 6.26. The lowest BCUT2D eigenvalue weighted by Gasteiger charge is -2.25. The van der Waals surface area contributed by atoms with Crippen LogP contribution in [0.4, 0.5) is 0 Å². The molecular weight excluding hydrogens is 475 g/mol. The highest BCUT2D eigenvalue weighted by Gasteiger charge is 2.15. The van der Waals surface area contributed by atoms with Crippen LogP contribution in [0.15, 0.2) is 29.3 Å². The summed E-state index contributed by atoms with van der Waals surface area (Å²) in [6.07, 6.45) is 6.26. The number of aryl methyl sites for hydroxylation is 1. The van der Waals surface area contributed by atoms with Crippen molar-refractivity contribution < 1.29 is 0 Å². The van der Waals surface area contributed by atoms with E-state index in [1.165, 1.54) is 32.1 Å². The lowest BCUT2D eigenvalue weighted by Crippen LogP contribution is -2.44. The molecule has 3 rings (SSSR count). The molecule has 2 N–H and O–H groups in total. The van der Waals surface area contributed by atoms with Crippen LogP contribution in [-0.2, 0) is 20.1 Å². The Hall–Kier alpha value is -1.35. The minimum absolute atomic E-state index is 0. The van der Waals surface area contributed by atoms with Crippen LogP contribution in [0.5, 0.6) is 0 Å². The summed E-state index contributed by atoms with van der Waals surface area (Å²) >= 11 is 6.26. The molecule has 1 aromatic heterocycles. The van der Waals surface area contributed by atoms with Gasteiger partial charge in [-0.2, -0.15) is 0 Å². The summed E-state index contributed by atoms with van der Waals surface area (Å²) in [5, 5.41) is 16.1. The Morgan fingerprint density at radius 1 is 1.22 bits per heavy atom. The van der Waals surface area contributed by atoms with Gasteiger partial charge in [0.1, 0.15) is 5.82 Å². The van der Waals surface area contributed by atoms with E-state index in [4.69, 9.17) is 16.6 Å². The van der Waals surface area contributed by atoms with E-state index in [2.05, 4.69) is 20.8 Å².